The van der Waals surface area contributed by atoms with Gasteiger partial charge < -0.3 is 0 Å². The number of rotatable bonds is 8. The molecule has 0 aromatic carbocycles. The highest BCUT2D eigenvalue weighted by Crippen LogP contribution is 2.89. The van der Waals surface area contributed by atoms with E-state index in [0.29, 0.717) is 27.0 Å². The smallest absolute Gasteiger partial charge is 0.0969 e. The summed E-state index contributed by atoms with van der Waals surface area (Å²) in [5, 5.41) is 1.51. The van der Waals surface area contributed by atoms with Gasteiger partial charge in [0.2, 0.25) is 0 Å². The molecule has 0 aliphatic heterocycles. The lowest BCUT2D eigenvalue weighted by atomic mass is 9.17. The lowest BCUT2D eigenvalue weighted by molar-refractivity contribution is 0.163. The van der Waals surface area contributed by atoms with Gasteiger partial charge in [-0.1, -0.05) is 85.5 Å². The molecule has 0 aromatic heterocycles. The van der Waals surface area contributed by atoms with Crippen LogP contribution < -0.4 is 0 Å². The van der Waals surface area contributed by atoms with E-state index in [4.69, 9.17) is 0 Å². The Morgan fingerprint density at radius 2 is 1.35 bits per heavy atom. The quantitative estimate of drug-likeness (QED) is 0.339. The van der Waals surface area contributed by atoms with Crippen LogP contribution in [0.4, 0.5) is 0 Å². The molecule has 1 aliphatic carbocycles. The molecule has 9 heteroatoms. The van der Waals surface area contributed by atoms with E-state index in [0.717, 1.165) is 0 Å². The van der Waals surface area contributed by atoms with Gasteiger partial charge in [0, 0.05) is 0 Å². The second-order valence-electron chi connectivity index (χ2n) is 12.3. The van der Waals surface area contributed by atoms with Gasteiger partial charge in [0.05, 0.1) is 47.1 Å². The van der Waals surface area contributed by atoms with E-state index in [-0.39, 0.29) is 10.5 Å². The molecule has 0 spiro atoms. The average molecular weight is 345 g/mol. The molecule has 0 saturated heterocycles. The number of hydrogen-bond acceptors (Lipinski definition) is 0. The van der Waals surface area contributed by atoms with Crippen molar-refractivity contribution in [3.05, 3.63) is 0 Å². The molecule has 0 radical (unpaired) electrons. The lowest BCUT2D eigenvalue weighted by Gasteiger charge is -2.64. The summed E-state index contributed by atoms with van der Waals surface area (Å²) in [6, 6.07) is 0. The molecule has 138 valence electrons. The Labute approximate surface area is 174 Å². The van der Waals surface area contributed by atoms with Crippen LogP contribution >= 0.6 is 0 Å². The fraction of sp³-hybridized carbons (Fsp3) is 1.00. The Balaban J connectivity index is 3.55. The molecule has 0 amide bonds. The monoisotopic (exact) mass is 346 g/mol. The maximum atomic E-state index is 2.65. The Kier molecular flexibility index (Phi) is 7.05. The summed E-state index contributed by atoms with van der Waals surface area (Å²) in [6.45, 7) is 9.92. The van der Waals surface area contributed by atoms with Gasteiger partial charge in [0.1, 0.15) is 23.5 Å². The summed E-state index contributed by atoms with van der Waals surface area (Å²) in [5.74, 6) is 0.692. The molecule has 4 atom stereocenters. The van der Waals surface area contributed by atoms with Crippen molar-refractivity contribution >= 4 is 70.6 Å². The van der Waals surface area contributed by atoms with Gasteiger partial charge in [-0.3, -0.25) is 0 Å². The predicted octanol–water partition coefficient (Wildman–Crippen LogP) is -2.44. The summed E-state index contributed by atoms with van der Waals surface area (Å²) in [6.07, 6.45) is 8.10. The van der Waals surface area contributed by atoms with Crippen LogP contribution in [0.1, 0.15) is 66.2 Å². The highest BCUT2D eigenvalue weighted by molar-refractivity contribution is 6.63. The molecule has 26 heavy (non-hydrogen) atoms. The molecule has 0 aromatic rings. The number of hydrogen-bond donors (Lipinski definition) is 0. The Hall–Kier alpha value is 0.584. The average Bonchev–Trinajstić information content (AvgIpc) is 2.58. The van der Waals surface area contributed by atoms with E-state index in [1.54, 1.807) is 0 Å². The van der Waals surface area contributed by atoms with E-state index in [1.165, 1.54) is 38.5 Å². The highest BCUT2D eigenvalue weighted by Gasteiger charge is 2.71. The Morgan fingerprint density at radius 1 is 0.846 bits per heavy atom. The first kappa shape index (κ1) is 24.6. The third kappa shape index (κ3) is 2.99. The van der Waals surface area contributed by atoms with Crippen LogP contribution in [0.15, 0.2) is 0 Å². The van der Waals surface area contributed by atoms with Gasteiger partial charge in [-0.15, -0.1) is 0 Å². The van der Waals surface area contributed by atoms with E-state index < -0.39 is 0 Å². The zero-order valence-electron chi connectivity index (χ0n) is 20.8. The van der Waals surface area contributed by atoms with Gasteiger partial charge in [-0.05, 0) is 18.3 Å². The highest BCUT2D eigenvalue weighted by atomic mass is 14.6. The van der Waals surface area contributed by atoms with E-state index in [9.17, 15) is 0 Å². The van der Waals surface area contributed by atoms with Crippen LogP contribution in [-0.2, 0) is 0 Å². The summed E-state index contributed by atoms with van der Waals surface area (Å²) < 4.78 is 0. The fourth-order valence-electron chi connectivity index (χ4n) is 7.28. The summed E-state index contributed by atoms with van der Waals surface area (Å²) in [7, 11) is 23.2. The minimum Gasteiger partial charge on any atom is -0.0969 e. The number of unbranched alkanes of at least 4 members (excludes halogenated alkanes) is 2. The van der Waals surface area contributed by atoms with Crippen molar-refractivity contribution < 1.29 is 0 Å². The third-order valence-electron chi connectivity index (χ3n) is 11.4. The Morgan fingerprint density at radius 3 is 1.69 bits per heavy atom. The van der Waals surface area contributed by atoms with Crippen molar-refractivity contribution in [2.75, 3.05) is 0 Å². The molecule has 0 heterocycles. The van der Waals surface area contributed by atoms with Gasteiger partial charge in [0.15, 0.2) is 0 Å². The van der Waals surface area contributed by atoms with Crippen molar-refractivity contribution in [3.8, 4) is 0 Å². The molecule has 0 N–H and O–H groups in total. The van der Waals surface area contributed by atoms with Crippen molar-refractivity contribution in [1.29, 1.82) is 0 Å². The van der Waals surface area contributed by atoms with Gasteiger partial charge in [-0.2, -0.15) is 0 Å². The summed E-state index contributed by atoms with van der Waals surface area (Å²) >= 11 is 0. The van der Waals surface area contributed by atoms with Crippen molar-refractivity contribution in [2.45, 2.75) is 98.3 Å². The Bertz CT molecular complexity index is 502. The van der Waals surface area contributed by atoms with E-state index in [2.05, 4.69) is 98.3 Å². The van der Waals surface area contributed by atoms with Crippen LogP contribution in [0.5, 0.6) is 0 Å². The normalized spacial score (nSPS) is 35.8. The first-order chi connectivity index (χ1) is 11.5. The predicted molar refractivity (Wildman–Crippen MR) is 147 cm³/mol. The largest absolute Gasteiger partial charge is 0.107 e. The first-order valence-corrected chi connectivity index (χ1v) is 11.5. The van der Waals surface area contributed by atoms with E-state index in [1.807, 2.05) is 0 Å². The molecule has 4 unspecified atom stereocenters. The SMILES string of the molecule is BC1C(B)(B)C(B)(B)C(B)(C)C1(B)C(B)(B)C(C)(CCC)CCCCC. The molecule has 1 aliphatic rings. The molecule has 1 fully saturated rings. The zero-order chi connectivity index (χ0) is 20.8. The van der Waals surface area contributed by atoms with Crippen molar-refractivity contribution in [1.82, 2.24) is 0 Å². The van der Waals surface area contributed by atoms with Gasteiger partial charge >= 0.3 is 0 Å². The standard InChI is InChI=1S/C17H43B9/c1-5-7-8-10-12(3,9-6-2)16(23,24)14(20)11(18)15(21,22)17(25,26)13(14,4)19/h11H,5-10,18-26H2,1-4H3. The van der Waals surface area contributed by atoms with E-state index >= 15 is 0 Å². The molecular weight excluding hydrogens is 301 g/mol. The van der Waals surface area contributed by atoms with Crippen LogP contribution in [0.3, 0.4) is 0 Å². The molecular formula is C17H43B9. The second-order valence-corrected chi connectivity index (χ2v) is 12.3. The fourth-order valence-corrected chi connectivity index (χ4v) is 7.28. The van der Waals surface area contributed by atoms with Crippen molar-refractivity contribution in [3.63, 3.8) is 0 Å². The topological polar surface area (TPSA) is 0 Å². The van der Waals surface area contributed by atoms with Crippen LogP contribution in [0.25, 0.3) is 0 Å². The van der Waals surface area contributed by atoms with Crippen LogP contribution in [-0.4, -0.2) is 70.6 Å². The molecule has 0 bridgehead atoms. The molecule has 1 saturated carbocycles. The van der Waals surface area contributed by atoms with Gasteiger partial charge in [-0.25, -0.2) is 0 Å². The minimum absolute atomic E-state index is 0.284. The minimum atomic E-state index is 0.284. The third-order valence-corrected chi connectivity index (χ3v) is 11.4. The zero-order valence-corrected chi connectivity index (χ0v) is 20.8. The molecule has 0 nitrogen and oxygen atoms in total. The summed E-state index contributed by atoms with van der Waals surface area (Å²) in [4.78, 5) is 0. The van der Waals surface area contributed by atoms with Crippen LogP contribution in [0.2, 0.25) is 32.1 Å². The lowest BCUT2D eigenvalue weighted by Crippen LogP contribution is -2.50. The molecule has 1 rings (SSSR count). The maximum absolute atomic E-state index is 2.65. The first-order valence-electron chi connectivity index (χ1n) is 11.5. The van der Waals surface area contributed by atoms with Gasteiger partial charge in [0.25, 0.3) is 0 Å². The summed E-state index contributed by atoms with van der Waals surface area (Å²) in [5.41, 5.74) is 0.397. The maximum Gasteiger partial charge on any atom is 0.107 e. The second kappa shape index (κ2) is 7.44. The van der Waals surface area contributed by atoms with Crippen molar-refractivity contribution in [2.24, 2.45) is 5.41 Å². The van der Waals surface area contributed by atoms with Crippen LogP contribution in [0, 0.1) is 5.41 Å².